The van der Waals surface area contributed by atoms with Crippen LogP contribution in [-0.4, -0.2) is 17.9 Å². The lowest BCUT2D eigenvalue weighted by atomic mass is 9.84. The fraction of sp³-hybridized carbons (Fsp3) is 0.562. The lowest BCUT2D eigenvalue weighted by molar-refractivity contribution is -0.120. The predicted octanol–water partition coefficient (Wildman–Crippen LogP) is 3.00. The van der Waals surface area contributed by atoms with Crippen molar-refractivity contribution < 1.29 is 13.6 Å². The molecule has 1 N–H and O–H groups in total. The van der Waals surface area contributed by atoms with Gasteiger partial charge in [0.05, 0.1) is 6.04 Å². The third-order valence-corrected chi connectivity index (χ3v) is 4.65. The van der Waals surface area contributed by atoms with Crippen molar-refractivity contribution in [1.29, 1.82) is 0 Å². The molecule has 1 heterocycles. The van der Waals surface area contributed by atoms with Crippen molar-refractivity contribution in [3.8, 4) is 0 Å². The molecule has 2 nitrogen and oxygen atoms in total. The molecule has 0 spiro atoms. The van der Waals surface area contributed by atoms with Gasteiger partial charge in [-0.25, -0.2) is 8.78 Å². The normalized spacial score (nSPS) is 29.2. The lowest BCUT2D eigenvalue weighted by Crippen LogP contribution is -2.37. The number of carbonyl (C=O) groups excluding carboxylic acids is 1. The number of hydrogen-bond donors (Lipinski definition) is 1. The van der Waals surface area contributed by atoms with Crippen LogP contribution in [-0.2, 0) is 11.2 Å². The maximum absolute atomic E-state index is 13.6. The average Bonchev–Trinajstić information content (AvgIpc) is 2.88. The first-order valence-corrected chi connectivity index (χ1v) is 7.37. The number of benzene rings is 1. The van der Waals surface area contributed by atoms with Crippen LogP contribution in [0.1, 0.15) is 37.7 Å². The Labute approximate surface area is 117 Å². The number of rotatable bonds is 3. The second-order valence-corrected chi connectivity index (χ2v) is 5.96. The molecular weight excluding hydrogens is 260 g/mol. The van der Waals surface area contributed by atoms with E-state index in [0.29, 0.717) is 12.0 Å². The first kappa shape index (κ1) is 13.7. The molecule has 0 amide bonds. The molecule has 3 rings (SSSR count). The summed E-state index contributed by atoms with van der Waals surface area (Å²) in [5.41, 5.74) is 0.159. The molecule has 1 aliphatic carbocycles. The quantitative estimate of drug-likeness (QED) is 0.921. The smallest absolute Gasteiger partial charge is 0.162 e. The number of ketones is 1. The molecule has 3 unspecified atom stereocenters. The molecule has 0 bridgehead atoms. The summed E-state index contributed by atoms with van der Waals surface area (Å²) in [6.45, 7) is 0. The zero-order valence-electron chi connectivity index (χ0n) is 11.4. The van der Waals surface area contributed by atoms with Crippen molar-refractivity contribution in [3.63, 3.8) is 0 Å². The summed E-state index contributed by atoms with van der Waals surface area (Å²) in [4.78, 5) is 12.3. The molecule has 20 heavy (non-hydrogen) atoms. The van der Waals surface area contributed by atoms with Crippen LogP contribution in [0.5, 0.6) is 0 Å². The minimum Gasteiger partial charge on any atom is -0.304 e. The minimum atomic E-state index is -0.892. The summed E-state index contributed by atoms with van der Waals surface area (Å²) >= 11 is 0. The fourth-order valence-corrected chi connectivity index (χ4v) is 3.56. The molecule has 1 aromatic carbocycles. The Kier molecular flexibility index (Phi) is 3.83. The van der Waals surface area contributed by atoms with Crippen LogP contribution < -0.4 is 5.32 Å². The molecule has 1 aromatic rings. The third kappa shape index (κ3) is 2.62. The highest BCUT2D eigenvalue weighted by molar-refractivity contribution is 5.86. The van der Waals surface area contributed by atoms with Gasteiger partial charge in [0.2, 0.25) is 0 Å². The molecule has 4 heteroatoms. The van der Waals surface area contributed by atoms with E-state index in [0.717, 1.165) is 18.9 Å². The van der Waals surface area contributed by atoms with E-state index in [1.165, 1.54) is 31.4 Å². The highest BCUT2D eigenvalue weighted by Crippen LogP contribution is 2.33. The zero-order chi connectivity index (χ0) is 14.1. The minimum absolute atomic E-state index is 0.0242. The Morgan fingerprint density at radius 2 is 2.05 bits per heavy atom. The molecular formula is C16H19F2NO. The number of fused-ring (bicyclic) bond motifs is 1. The van der Waals surface area contributed by atoms with Crippen LogP contribution >= 0.6 is 0 Å². The summed E-state index contributed by atoms with van der Waals surface area (Å²) in [5, 5.41) is 3.38. The van der Waals surface area contributed by atoms with Crippen LogP contribution in [0.2, 0.25) is 0 Å². The Morgan fingerprint density at radius 3 is 2.85 bits per heavy atom. The van der Waals surface area contributed by atoms with E-state index in [1.54, 1.807) is 0 Å². The summed E-state index contributed by atoms with van der Waals surface area (Å²) in [6, 6.07) is 4.26. The van der Waals surface area contributed by atoms with Gasteiger partial charge in [-0.15, -0.1) is 0 Å². The van der Waals surface area contributed by atoms with Gasteiger partial charge in [-0.2, -0.15) is 0 Å². The molecule has 1 aliphatic heterocycles. The number of nitrogens with one attached hydrogen (secondary N) is 1. The topological polar surface area (TPSA) is 29.1 Å². The number of halogens is 2. The molecule has 1 saturated heterocycles. The maximum Gasteiger partial charge on any atom is 0.162 e. The second kappa shape index (κ2) is 5.60. The Morgan fingerprint density at radius 1 is 1.25 bits per heavy atom. The monoisotopic (exact) mass is 279 g/mol. The Balaban J connectivity index is 1.66. The molecule has 2 aliphatic rings. The van der Waals surface area contributed by atoms with Crippen LogP contribution in [0.4, 0.5) is 8.78 Å². The average molecular weight is 279 g/mol. The van der Waals surface area contributed by atoms with E-state index in [9.17, 15) is 13.6 Å². The van der Waals surface area contributed by atoms with Gasteiger partial charge in [0.1, 0.15) is 0 Å². The van der Waals surface area contributed by atoms with E-state index in [4.69, 9.17) is 0 Å². The van der Waals surface area contributed by atoms with Crippen LogP contribution in [0.15, 0.2) is 18.2 Å². The summed E-state index contributed by atoms with van der Waals surface area (Å²) < 4.78 is 26.7. The van der Waals surface area contributed by atoms with Gasteiger partial charge in [0.15, 0.2) is 17.4 Å². The molecule has 2 fully saturated rings. The standard InChI is InChI=1S/C16H19F2NO/c17-12-6-3-5-11(16(12)18)9-15(20)14-8-10-4-1-2-7-13(10)19-14/h3,5-6,10,13-14,19H,1-2,4,7-9H2. The van der Waals surface area contributed by atoms with Gasteiger partial charge in [-0.1, -0.05) is 25.0 Å². The Hall–Kier alpha value is -1.29. The first-order valence-electron chi connectivity index (χ1n) is 7.37. The largest absolute Gasteiger partial charge is 0.304 e. The molecule has 1 saturated carbocycles. The Bertz CT molecular complexity index is 503. The van der Waals surface area contributed by atoms with Gasteiger partial charge in [0.25, 0.3) is 0 Å². The molecule has 0 radical (unpaired) electrons. The van der Waals surface area contributed by atoms with E-state index >= 15 is 0 Å². The summed E-state index contributed by atoms with van der Waals surface area (Å²) in [5.74, 6) is -1.22. The number of hydrogen-bond acceptors (Lipinski definition) is 2. The predicted molar refractivity (Wildman–Crippen MR) is 72.4 cm³/mol. The SMILES string of the molecule is O=C(Cc1cccc(F)c1F)C1CC2CCCCC2N1. The van der Waals surface area contributed by atoms with Crippen molar-refractivity contribution >= 4 is 5.78 Å². The fourth-order valence-electron chi connectivity index (χ4n) is 3.56. The van der Waals surface area contributed by atoms with Gasteiger partial charge in [-0.05, 0) is 36.8 Å². The van der Waals surface area contributed by atoms with Crippen LogP contribution in [0.3, 0.4) is 0 Å². The van der Waals surface area contributed by atoms with E-state index in [-0.39, 0.29) is 23.8 Å². The highest BCUT2D eigenvalue weighted by atomic mass is 19.2. The second-order valence-electron chi connectivity index (χ2n) is 5.96. The molecule has 0 aromatic heterocycles. The summed E-state index contributed by atoms with van der Waals surface area (Å²) in [7, 11) is 0. The van der Waals surface area contributed by atoms with Gasteiger partial charge in [0, 0.05) is 12.5 Å². The van der Waals surface area contributed by atoms with E-state index < -0.39 is 11.6 Å². The van der Waals surface area contributed by atoms with Crippen LogP contribution in [0.25, 0.3) is 0 Å². The number of carbonyl (C=O) groups is 1. The van der Waals surface area contributed by atoms with Crippen LogP contribution in [0, 0.1) is 17.6 Å². The zero-order valence-corrected chi connectivity index (χ0v) is 11.4. The van der Waals surface area contributed by atoms with Gasteiger partial charge < -0.3 is 5.32 Å². The van der Waals surface area contributed by atoms with Gasteiger partial charge >= 0.3 is 0 Å². The molecule has 3 atom stereocenters. The lowest BCUT2D eigenvalue weighted by Gasteiger charge is -2.24. The molecule has 108 valence electrons. The van der Waals surface area contributed by atoms with Crippen molar-refractivity contribution in [1.82, 2.24) is 5.32 Å². The van der Waals surface area contributed by atoms with Crippen molar-refractivity contribution in [2.24, 2.45) is 5.92 Å². The third-order valence-electron chi connectivity index (χ3n) is 4.65. The highest BCUT2D eigenvalue weighted by Gasteiger charge is 2.38. The summed E-state index contributed by atoms with van der Waals surface area (Å²) in [6.07, 6.45) is 5.58. The van der Waals surface area contributed by atoms with Crippen molar-refractivity contribution in [3.05, 3.63) is 35.4 Å². The van der Waals surface area contributed by atoms with Crippen molar-refractivity contribution in [2.75, 3.05) is 0 Å². The van der Waals surface area contributed by atoms with E-state index in [2.05, 4.69) is 5.32 Å². The maximum atomic E-state index is 13.6. The number of Topliss-reactive ketones (excluding diaryl/α,β-unsaturated/α-hetero) is 1. The van der Waals surface area contributed by atoms with E-state index in [1.807, 2.05) is 0 Å². The van der Waals surface area contributed by atoms with Gasteiger partial charge in [-0.3, -0.25) is 4.79 Å². The van der Waals surface area contributed by atoms with Crippen molar-refractivity contribution in [2.45, 2.75) is 50.6 Å². The first-order chi connectivity index (χ1) is 9.65.